The minimum atomic E-state index is -4.49. The van der Waals surface area contributed by atoms with Crippen molar-refractivity contribution in [1.29, 1.82) is 0 Å². The first-order chi connectivity index (χ1) is 14.3. The van der Waals surface area contributed by atoms with E-state index in [9.17, 15) is 22.8 Å². The van der Waals surface area contributed by atoms with Gasteiger partial charge in [-0.05, 0) is 42.5 Å². The highest BCUT2D eigenvalue weighted by atomic mass is 19.4. The van der Waals surface area contributed by atoms with Gasteiger partial charge in [-0.2, -0.15) is 13.2 Å². The summed E-state index contributed by atoms with van der Waals surface area (Å²) in [5, 5.41) is 5.59. The van der Waals surface area contributed by atoms with Crippen LogP contribution in [0.25, 0.3) is 0 Å². The topological polar surface area (TPSA) is 61.4 Å². The molecule has 1 atom stereocenters. The monoisotopic (exact) mass is 419 g/mol. The maximum atomic E-state index is 12.8. The van der Waals surface area contributed by atoms with Crippen LogP contribution in [-0.4, -0.2) is 36.5 Å². The van der Waals surface area contributed by atoms with Crippen LogP contribution < -0.4 is 10.6 Å². The van der Waals surface area contributed by atoms with Gasteiger partial charge in [-0.3, -0.25) is 4.79 Å². The molecule has 2 aromatic rings. The van der Waals surface area contributed by atoms with Gasteiger partial charge in [-0.25, -0.2) is 4.79 Å². The maximum absolute atomic E-state index is 12.8. The number of hydrogen-bond acceptors (Lipinski definition) is 2. The van der Waals surface area contributed by atoms with Gasteiger partial charge in [-0.1, -0.05) is 36.4 Å². The van der Waals surface area contributed by atoms with Crippen LogP contribution in [0.1, 0.15) is 34.3 Å². The number of alkyl halides is 3. The Kier molecular flexibility index (Phi) is 6.97. The van der Waals surface area contributed by atoms with Crippen molar-refractivity contribution in [3.8, 4) is 0 Å². The van der Waals surface area contributed by atoms with E-state index < -0.39 is 17.6 Å². The summed E-state index contributed by atoms with van der Waals surface area (Å²) in [7, 11) is 0. The predicted octanol–water partition coefficient (Wildman–Crippen LogP) is 4.06. The third-order valence-electron chi connectivity index (χ3n) is 5.10. The zero-order chi connectivity index (χ0) is 21.6. The molecule has 3 amide bonds. The van der Waals surface area contributed by atoms with Crippen LogP contribution in [0.4, 0.5) is 18.0 Å². The summed E-state index contributed by atoms with van der Waals surface area (Å²) >= 11 is 0. The van der Waals surface area contributed by atoms with E-state index in [1.165, 1.54) is 12.1 Å². The molecule has 0 aliphatic carbocycles. The third kappa shape index (κ3) is 5.98. The Labute approximate surface area is 173 Å². The molecule has 0 aromatic heterocycles. The molecule has 1 fully saturated rings. The van der Waals surface area contributed by atoms with Crippen molar-refractivity contribution in [3.63, 3.8) is 0 Å². The van der Waals surface area contributed by atoms with Gasteiger partial charge in [-0.15, -0.1) is 0 Å². The lowest BCUT2D eigenvalue weighted by atomic mass is 9.98. The van der Waals surface area contributed by atoms with Crippen LogP contribution in [0, 0.1) is 5.92 Å². The second kappa shape index (κ2) is 9.65. The first kappa shape index (κ1) is 21.7. The van der Waals surface area contributed by atoms with Crippen molar-refractivity contribution in [3.05, 3.63) is 71.3 Å². The molecular weight excluding hydrogens is 395 g/mol. The molecule has 5 nitrogen and oxygen atoms in total. The smallest absolute Gasteiger partial charge is 0.352 e. The van der Waals surface area contributed by atoms with E-state index in [4.69, 9.17) is 0 Å². The molecule has 8 heteroatoms. The largest absolute Gasteiger partial charge is 0.416 e. The summed E-state index contributed by atoms with van der Waals surface area (Å²) in [6.45, 7) is 1.87. The fourth-order valence-corrected chi connectivity index (χ4v) is 3.48. The highest BCUT2D eigenvalue weighted by Crippen LogP contribution is 2.29. The molecule has 1 saturated heterocycles. The summed E-state index contributed by atoms with van der Waals surface area (Å²) in [4.78, 5) is 26.4. The van der Waals surface area contributed by atoms with Gasteiger partial charge < -0.3 is 15.5 Å². The molecule has 160 valence electrons. The molecule has 3 rings (SSSR count). The van der Waals surface area contributed by atoms with Crippen LogP contribution in [0.15, 0.2) is 54.6 Å². The Morgan fingerprint density at radius 1 is 1.03 bits per heavy atom. The van der Waals surface area contributed by atoms with Crippen molar-refractivity contribution >= 4 is 11.9 Å². The number of carbonyl (C=O) groups is 2. The second-order valence-electron chi connectivity index (χ2n) is 7.39. The molecule has 0 unspecified atom stereocenters. The molecule has 0 saturated carbocycles. The van der Waals surface area contributed by atoms with Crippen molar-refractivity contribution < 1.29 is 22.8 Å². The number of nitrogens with one attached hydrogen (secondary N) is 2. The molecular formula is C22H24F3N3O2. The van der Waals surface area contributed by atoms with Crippen LogP contribution in [-0.2, 0) is 12.7 Å². The zero-order valence-electron chi connectivity index (χ0n) is 16.4. The van der Waals surface area contributed by atoms with Crippen LogP contribution in [0.5, 0.6) is 0 Å². The lowest BCUT2D eigenvalue weighted by Crippen LogP contribution is -2.47. The Balaban J connectivity index is 1.49. The molecule has 2 N–H and O–H groups in total. The van der Waals surface area contributed by atoms with Gasteiger partial charge in [0.2, 0.25) is 0 Å². The number of urea groups is 1. The normalized spacial score (nSPS) is 16.8. The van der Waals surface area contributed by atoms with Crippen LogP contribution in [0.2, 0.25) is 0 Å². The molecule has 1 aliphatic heterocycles. The Morgan fingerprint density at radius 2 is 1.80 bits per heavy atom. The van der Waals surface area contributed by atoms with Crippen molar-refractivity contribution in [2.45, 2.75) is 25.6 Å². The van der Waals surface area contributed by atoms with Gasteiger partial charge in [0.15, 0.2) is 0 Å². The molecule has 0 radical (unpaired) electrons. The molecule has 0 bridgehead atoms. The second-order valence-corrected chi connectivity index (χ2v) is 7.39. The standard InChI is InChI=1S/C22H24F3N3O2/c23-22(24,25)19-10-4-9-18(12-19)20(29)26-14-17-8-5-11-28(15-17)21(30)27-13-16-6-2-1-3-7-16/h1-4,6-7,9-10,12,17H,5,8,11,13-15H2,(H,26,29)(H,27,30)/t17-/m1/s1. The first-order valence-corrected chi connectivity index (χ1v) is 9.85. The number of likely N-dealkylation sites (tertiary alicyclic amines) is 1. The van der Waals surface area contributed by atoms with E-state index in [1.807, 2.05) is 30.3 Å². The highest BCUT2D eigenvalue weighted by molar-refractivity contribution is 5.94. The number of piperidine rings is 1. The predicted molar refractivity (Wildman–Crippen MR) is 107 cm³/mol. The van der Waals surface area contributed by atoms with E-state index in [0.29, 0.717) is 26.2 Å². The SMILES string of the molecule is O=C(NC[C@H]1CCCN(C(=O)NCc2ccccc2)C1)c1cccc(C(F)(F)F)c1. The number of nitrogens with zero attached hydrogens (tertiary/aromatic N) is 1. The number of rotatable bonds is 5. The Bertz CT molecular complexity index is 871. The van der Waals surface area contributed by atoms with E-state index in [-0.39, 0.29) is 17.5 Å². The van der Waals surface area contributed by atoms with Crippen LogP contribution >= 0.6 is 0 Å². The van der Waals surface area contributed by atoms with Crippen molar-refractivity contribution in [1.82, 2.24) is 15.5 Å². The Morgan fingerprint density at radius 3 is 2.53 bits per heavy atom. The van der Waals surface area contributed by atoms with Crippen molar-refractivity contribution in [2.24, 2.45) is 5.92 Å². The number of hydrogen-bond donors (Lipinski definition) is 2. The van der Waals surface area contributed by atoms with Crippen LogP contribution in [0.3, 0.4) is 0 Å². The molecule has 2 aromatic carbocycles. The number of amides is 3. The number of benzene rings is 2. The summed E-state index contributed by atoms with van der Waals surface area (Å²) in [5.74, 6) is -0.497. The van der Waals surface area contributed by atoms with E-state index in [0.717, 1.165) is 30.5 Å². The van der Waals surface area contributed by atoms with E-state index in [1.54, 1.807) is 4.90 Å². The first-order valence-electron chi connectivity index (χ1n) is 9.85. The maximum Gasteiger partial charge on any atom is 0.416 e. The lowest BCUT2D eigenvalue weighted by Gasteiger charge is -2.33. The summed E-state index contributed by atoms with van der Waals surface area (Å²) in [6, 6.07) is 13.8. The van der Waals surface area contributed by atoms with Crippen molar-refractivity contribution in [2.75, 3.05) is 19.6 Å². The number of halogens is 3. The molecule has 30 heavy (non-hydrogen) atoms. The Hall–Kier alpha value is -3.03. The summed E-state index contributed by atoms with van der Waals surface area (Å²) in [5.41, 5.74) is 0.125. The molecule has 0 spiro atoms. The fourth-order valence-electron chi connectivity index (χ4n) is 3.48. The number of carbonyl (C=O) groups excluding carboxylic acids is 2. The minimum absolute atomic E-state index is 0.0295. The minimum Gasteiger partial charge on any atom is -0.352 e. The van der Waals surface area contributed by atoms with Gasteiger partial charge in [0.25, 0.3) is 5.91 Å². The zero-order valence-corrected chi connectivity index (χ0v) is 16.4. The third-order valence-corrected chi connectivity index (χ3v) is 5.10. The average molecular weight is 419 g/mol. The lowest BCUT2D eigenvalue weighted by molar-refractivity contribution is -0.137. The van der Waals surface area contributed by atoms with Gasteiger partial charge in [0.05, 0.1) is 5.56 Å². The summed E-state index contributed by atoms with van der Waals surface area (Å²) < 4.78 is 38.5. The van der Waals surface area contributed by atoms with Gasteiger partial charge in [0.1, 0.15) is 0 Å². The fraction of sp³-hybridized carbons (Fsp3) is 0.364. The molecule has 1 heterocycles. The van der Waals surface area contributed by atoms with E-state index in [2.05, 4.69) is 10.6 Å². The molecule has 1 aliphatic rings. The van der Waals surface area contributed by atoms with Gasteiger partial charge in [0, 0.05) is 31.7 Å². The van der Waals surface area contributed by atoms with Gasteiger partial charge >= 0.3 is 12.2 Å². The summed E-state index contributed by atoms with van der Waals surface area (Å²) in [6.07, 6.45) is -2.85. The quantitative estimate of drug-likeness (QED) is 0.768. The highest BCUT2D eigenvalue weighted by Gasteiger charge is 2.31. The average Bonchev–Trinajstić information content (AvgIpc) is 2.76. The van der Waals surface area contributed by atoms with E-state index >= 15 is 0 Å².